The van der Waals surface area contributed by atoms with E-state index in [2.05, 4.69) is 0 Å². The first-order valence-corrected chi connectivity index (χ1v) is 8.26. The van der Waals surface area contributed by atoms with Crippen molar-refractivity contribution >= 4 is 16.0 Å². The molecular weight excluding hydrogens is 297 g/mol. The molecule has 1 N–H and O–H groups in total. The maximum absolute atomic E-state index is 13.9. The summed E-state index contributed by atoms with van der Waals surface area (Å²) in [6.45, 7) is 1.02. The fourth-order valence-corrected chi connectivity index (χ4v) is 4.46. The van der Waals surface area contributed by atoms with Crippen LogP contribution in [-0.2, 0) is 14.8 Å². The number of aryl methyl sites for hydroxylation is 1. The Morgan fingerprint density at radius 1 is 1.38 bits per heavy atom. The summed E-state index contributed by atoms with van der Waals surface area (Å²) in [6.07, 6.45) is 2.93. The molecule has 1 saturated carbocycles. The predicted molar refractivity (Wildman–Crippen MR) is 74.9 cm³/mol. The van der Waals surface area contributed by atoms with Crippen molar-refractivity contribution in [1.82, 2.24) is 4.31 Å². The number of halogens is 1. The summed E-state index contributed by atoms with van der Waals surface area (Å²) in [5.74, 6) is -2.09. The number of carboxylic acids is 1. The maximum atomic E-state index is 13.9. The average Bonchev–Trinajstić information content (AvgIpc) is 2.92. The Morgan fingerprint density at radius 3 is 2.57 bits per heavy atom. The minimum Gasteiger partial charge on any atom is -0.480 e. The fraction of sp³-hybridized carbons (Fsp3) is 0.500. The molecule has 1 fully saturated rings. The van der Waals surface area contributed by atoms with Crippen molar-refractivity contribution in [3.63, 3.8) is 0 Å². The van der Waals surface area contributed by atoms with Crippen LogP contribution in [0.25, 0.3) is 0 Å². The molecule has 116 valence electrons. The molecule has 0 aromatic heterocycles. The van der Waals surface area contributed by atoms with Gasteiger partial charge in [-0.2, -0.15) is 4.31 Å². The smallest absolute Gasteiger partial charge is 0.318 e. The molecule has 7 heteroatoms. The summed E-state index contributed by atoms with van der Waals surface area (Å²) in [4.78, 5) is 10.5. The summed E-state index contributed by atoms with van der Waals surface area (Å²) in [5.41, 5.74) is 0.608. The molecule has 5 nitrogen and oxygen atoms in total. The van der Waals surface area contributed by atoms with Gasteiger partial charge in [-0.15, -0.1) is 0 Å². The van der Waals surface area contributed by atoms with Crippen molar-refractivity contribution in [3.8, 4) is 0 Å². The van der Waals surface area contributed by atoms with Crippen LogP contribution >= 0.6 is 0 Å². The first-order chi connectivity index (χ1) is 9.82. The topological polar surface area (TPSA) is 74.7 Å². The zero-order chi connectivity index (χ0) is 15.6. The molecule has 0 spiro atoms. The molecular formula is C14H18FNO4S. The number of aliphatic carboxylic acids is 1. The standard InChI is InChI=1S/C14H18FNO4S/c1-10-6-7-12(15)13(8-10)21(19,20)16(9-14(17)18)11-4-2-3-5-11/h6-8,11H,2-5,9H2,1H3,(H,17,18). The van der Waals surface area contributed by atoms with Gasteiger partial charge in [-0.05, 0) is 37.5 Å². The zero-order valence-corrected chi connectivity index (χ0v) is 12.6. The van der Waals surface area contributed by atoms with E-state index in [0.717, 1.165) is 23.2 Å². The highest BCUT2D eigenvalue weighted by Crippen LogP contribution is 2.29. The summed E-state index contributed by atoms with van der Waals surface area (Å²) in [7, 11) is -4.16. The van der Waals surface area contributed by atoms with Crippen LogP contribution in [0.2, 0.25) is 0 Å². The number of benzene rings is 1. The van der Waals surface area contributed by atoms with E-state index in [-0.39, 0.29) is 6.04 Å². The molecule has 0 amide bonds. The second-order valence-electron chi connectivity index (χ2n) is 5.32. The lowest BCUT2D eigenvalue weighted by Gasteiger charge is -2.26. The highest BCUT2D eigenvalue weighted by Gasteiger charge is 2.36. The Hall–Kier alpha value is -1.47. The molecule has 0 aliphatic heterocycles. The minimum absolute atomic E-state index is 0.369. The summed E-state index contributed by atoms with van der Waals surface area (Å²) >= 11 is 0. The molecule has 1 aromatic rings. The molecule has 1 aliphatic carbocycles. The average molecular weight is 315 g/mol. The van der Waals surface area contributed by atoms with E-state index in [0.29, 0.717) is 18.4 Å². The Labute approximate surface area is 123 Å². The van der Waals surface area contributed by atoms with E-state index in [1.165, 1.54) is 12.1 Å². The summed E-state index contributed by atoms with van der Waals surface area (Å²) in [6, 6.07) is 3.45. The first-order valence-electron chi connectivity index (χ1n) is 6.82. The van der Waals surface area contributed by atoms with Crippen LogP contribution in [-0.4, -0.2) is 36.4 Å². The number of hydrogen-bond donors (Lipinski definition) is 1. The first kappa shape index (κ1) is 15.9. The van der Waals surface area contributed by atoms with Gasteiger partial charge in [-0.25, -0.2) is 12.8 Å². The van der Waals surface area contributed by atoms with Crippen molar-refractivity contribution in [2.75, 3.05) is 6.54 Å². The highest BCUT2D eigenvalue weighted by atomic mass is 32.2. The molecule has 21 heavy (non-hydrogen) atoms. The summed E-state index contributed by atoms with van der Waals surface area (Å²) in [5, 5.41) is 8.98. The van der Waals surface area contributed by atoms with Crippen molar-refractivity contribution in [3.05, 3.63) is 29.6 Å². The van der Waals surface area contributed by atoms with E-state index in [9.17, 15) is 17.6 Å². The van der Waals surface area contributed by atoms with Crippen LogP contribution in [0.5, 0.6) is 0 Å². The molecule has 2 rings (SSSR count). The van der Waals surface area contributed by atoms with E-state index < -0.39 is 33.3 Å². The number of carboxylic acid groups (broad SMARTS) is 1. The van der Waals surface area contributed by atoms with Gasteiger partial charge < -0.3 is 5.11 Å². The molecule has 0 unspecified atom stereocenters. The monoisotopic (exact) mass is 315 g/mol. The van der Waals surface area contributed by atoms with Gasteiger partial charge in [0.05, 0.1) is 0 Å². The van der Waals surface area contributed by atoms with Gasteiger partial charge >= 0.3 is 5.97 Å². The lowest BCUT2D eigenvalue weighted by Crippen LogP contribution is -2.42. The molecule has 0 atom stereocenters. The molecule has 0 saturated heterocycles. The van der Waals surface area contributed by atoms with Crippen LogP contribution < -0.4 is 0 Å². The Balaban J connectivity index is 2.45. The Morgan fingerprint density at radius 2 is 2.00 bits per heavy atom. The second-order valence-corrected chi connectivity index (χ2v) is 7.18. The van der Waals surface area contributed by atoms with Crippen LogP contribution in [0.15, 0.2) is 23.1 Å². The number of carbonyl (C=O) groups is 1. The van der Waals surface area contributed by atoms with Gasteiger partial charge in [0.2, 0.25) is 10.0 Å². The highest BCUT2D eigenvalue weighted by molar-refractivity contribution is 7.89. The molecule has 1 aromatic carbocycles. The quantitative estimate of drug-likeness (QED) is 0.903. The molecule has 0 radical (unpaired) electrons. The molecule has 0 heterocycles. The van der Waals surface area contributed by atoms with Gasteiger partial charge in [0.1, 0.15) is 17.3 Å². The number of rotatable bonds is 5. The fourth-order valence-electron chi connectivity index (χ4n) is 2.67. The second kappa shape index (κ2) is 6.11. The summed E-state index contributed by atoms with van der Waals surface area (Å²) < 4.78 is 40.1. The van der Waals surface area contributed by atoms with E-state index in [1.54, 1.807) is 6.92 Å². The number of hydrogen-bond acceptors (Lipinski definition) is 3. The van der Waals surface area contributed by atoms with Crippen molar-refractivity contribution < 1.29 is 22.7 Å². The van der Waals surface area contributed by atoms with E-state index in [4.69, 9.17) is 5.11 Å². The molecule has 0 bridgehead atoms. The van der Waals surface area contributed by atoms with Crippen molar-refractivity contribution in [1.29, 1.82) is 0 Å². The van der Waals surface area contributed by atoms with Gasteiger partial charge in [-0.1, -0.05) is 18.9 Å². The number of sulfonamides is 1. The normalized spacial score (nSPS) is 16.5. The van der Waals surface area contributed by atoms with Crippen LogP contribution in [0.3, 0.4) is 0 Å². The van der Waals surface area contributed by atoms with Crippen molar-refractivity contribution in [2.24, 2.45) is 0 Å². The van der Waals surface area contributed by atoms with Crippen LogP contribution in [0, 0.1) is 12.7 Å². The van der Waals surface area contributed by atoms with Gasteiger partial charge in [-0.3, -0.25) is 4.79 Å². The minimum atomic E-state index is -4.16. The van der Waals surface area contributed by atoms with E-state index in [1.807, 2.05) is 0 Å². The van der Waals surface area contributed by atoms with Crippen molar-refractivity contribution in [2.45, 2.75) is 43.5 Å². The Bertz CT molecular complexity index is 638. The van der Waals surface area contributed by atoms with Crippen LogP contribution in [0.1, 0.15) is 31.2 Å². The third-order valence-electron chi connectivity index (χ3n) is 3.70. The van der Waals surface area contributed by atoms with Gasteiger partial charge in [0, 0.05) is 6.04 Å². The predicted octanol–water partition coefficient (Wildman–Crippen LogP) is 2.15. The lowest BCUT2D eigenvalue weighted by molar-refractivity contribution is -0.137. The largest absolute Gasteiger partial charge is 0.480 e. The zero-order valence-electron chi connectivity index (χ0n) is 11.8. The SMILES string of the molecule is Cc1ccc(F)c(S(=O)(=O)N(CC(=O)O)C2CCCC2)c1. The third kappa shape index (κ3) is 3.41. The number of nitrogens with zero attached hydrogens (tertiary/aromatic N) is 1. The molecule has 1 aliphatic rings. The third-order valence-corrected chi connectivity index (χ3v) is 5.61. The maximum Gasteiger partial charge on any atom is 0.318 e. The Kier molecular flexibility index (Phi) is 4.63. The van der Waals surface area contributed by atoms with Crippen LogP contribution in [0.4, 0.5) is 4.39 Å². The lowest BCUT2D eigenvalue weighted by atomic mass is 10.2. The van der Waals surface area contributed by atoms with Gasteiger partial charge in [0.15, 0.2) is 0 Å². The van der Waals surface area contributed by atoms with Gasteiger partial charge in [0.25, 0.3) is 0 Å². The van der Waals surface area contributed by atoms with E-state index >= 15 is 0 Å².